The van der Waals surface area contributed by atoms with Crippen LogP contribution in [0.1, 0.15) is 6.92 Å². The van der Waals surface area contributed by atoms with Crippen LogP contribution in [0.5, 0.6) is 0 Å². The van der Waals surface area contributed by atoms with Gasteiger partial charge >= 0.3 is 0 Å². The number of aliphatic hydroxyl groups excluding tert-OH is 1. The van der Waals surface area contributed by atoms with Crippen molar-refractivity contribution in [2.75, 3.05) is 19.7 Å². The molecule has 0 aliphatic heterocycles. The van der Waals surface area contributed by atoms with Crippen molar-refractivity contribution in [1.82, 2.24) is 5.32 Å². The first-order valence-corrected chi connectivity index (χ1v) is 2.75. The number of aliphatic hydroxyl groups is 1. The molecule has 0 unspecified atom stereocenters. The summed E-state index contributed by atoms with van der Waals surface area (Å²) in [6.07, 6.45) is 0. The molecule has 0 saturated heterocycles. The Morgan fingerprint density at radius 1 is 1.50 bits per heavy atom. The minimum Gasteiger partial charge on any atom is -0.395 e. The van der Waals surface area contributed by atoms with Gasteiger partial charge in [-0.05, 0) is 0 Å². The van der Waals surface area contributed by atoms with Gasteiger partial charge in [0.1, 0.15) is 0 Å². The Hall–Kier alpha value is 0.0700. The molecule has 10 heavy (non-hydrogen) atoms. The summed E-state index contributed by atoms with van der Waals surface area (Å²) >= 11 is 0. The highest BCUT2D eigenvalue weighted by atomic mass is 35.5. The minimum atomic E-state index is -2.67. The molecule has 0 aromatic heterocycles. The maximum Gasteiger partial charge on any atom is 0.257 e. The molecule has 2 N–H and O–H groups in total. The third kappa shape index (κ3) is 10.9. The van der Waals surface area contributed by atoms with Crippen molar-refractivity contribution in [3.05, 3.63) is 0 Å². The summed E-state index contributed by atoms with van der Waals surface area (Å²) in [4.78, 5) is 0. The molecule has 0 atom stereocenters. The number of halogens is 3. The average molecular weight is 176 g/mol. The van der Waals surface area contributed by atoms with Crippen LogP contribution in [0.2, 0.25) is 0 Å². The van der Waals surface area contributed by atoms with E-state index in [0.717, 1.165) is 6.92 Å². The largest absolute Gasteiger partial charge is 0.395 e. The monoisotopic (exact) mass is 175 g/mol. The molecule has 5 heteroatoms. The van der Waals surface area contributed by atoms with Crippen molar-refractivity contribution < 1.29 is 13.9 Å². The Kier molecular flexibility index (Phi) is 7.41. The molecule has 0 aliphatic rings. The Labute approximate surface area is 65.0 Å². The molecule has 0 aliphatic carbocycles. The molecule has 0 spiro atoms. The normalized spacial score (nSPS) is 10.8. The molecular formula is C5H12ClF2NO. The second-order valence-corrected chi connectivity index (χ2v) is 1.97. The van der Waals surface area contributed by atoms with Gasteiger partial charge in [-0.15, -0.1) is 12.4 Å². The maximum absolute atomic E-state index is 11.9. The van der Waals surface area contributed by atoms with E-state index in [1.165, 1.54) is 0 Å². The van der Waals surface area contributed by atoms with Crippen LogP contribution in [0.15, 0.2) is 0 Å². The highest BCUT2D eigenvalue weighted by Gasteiger charge is 2.19. The summed E-state index contributed by atoms with van der Waals surface area (Å²) in [5.74, 6) is -2.67. The molecule has 0 fully saturated rings. The van der Waals surface area contributed by atoms with Gasteiger partial charge in [0.25, 0.3) is 5.92 Å². The van der Waals surface area contributed by atoms with Crippen molar-refractivity contribution in [3.8, 4) is 0 Å². The fraction of sp³-hybridized carbons (Fsp3) is 1.00. The van der Waals surface area contributed by atoms with Crippen molar-refractivity contribution in [1.29, 1.82) is 0 Å². The number of hydrogen-bond donors (Lipinski definition) is 2. The third-order valence-electron chi connectivity index (χ3n) is 0.724. The van der Waals surface area contributed by atoms with E-state index in [0.29, 0.717) is 0 Å². The highest BCUT2D eigenvalue weighted by molar-refractivity contribution is 5.85. The predicted molar refractivity (Wildman–Crippen MR) is 37.8 cm³/mol. The Morgan fingerprint density at radius 3 is 2.30 bits per heavy atom. The van der Waals surface area contributed by atoms with Crippen LogP contribution in [-0.4, -0.2) is 30.7 Å². The molecule has 0 aromatic rings. The van der Waals surface area contributed by atoms with Crippen LogP contribution in [0.4, 0.5) is 8.78 Å². The molecular weight excluding hydrogens is 164 g/mol. The third-order valence-corrected chi connectivity index (χ3v) is 0.724. The summed E-state index contributed by atoms with van der Waals surface area (Å²) in [7, 11) is 0. The topological polar surface area (TPSA) is 32.3 Å². The van der Waals surface area contributed by atoms with Gasteiger partial charge in [0.2, 0.25) is 0 Å². The van der Waals surface area contributed by atoms with E-state index >= 15 is 0 Å². The van der Waals surface area contributed by atoms with Gasteiger partial charge in [0.15, 0.2) is 0 Å². The number of nitrogens with one attached hydrogen (secondary N) is 1. The van der Waals surface area contributed by atoms with Crippen molar-refractivity contribution in [2.24, 2.45) is 0 Å². The van der Waals surface area contributed by atoms with E-state index in [4.69, 9.17) is 5.11 Å². The molecule has 0 aromatic carbocycles. The predicted octanol–water partition coefficient (Wildman–Crippen LogP) is 0.645. The smallest absolute Gasteiger partial charge is 0.257 e. The van der Waals surface area contributed by atoms with Gasteiger partial charge in [-0.2, -0.15) is 0 Å². The van der Waals surface area contributed by atoms with Gasteiger partial charge in [-0.3, -0.25) is 0 Å². The van der Waals surface area contributed by atoms with E-state index in [9.17, 15) is 8.78 Å². The number of rotatable bonds is 4. The van der Waals surface area contributed by atoms with E-state index in [1.807, 2.05) is 0 Å². The van der Waals surface area contributed by atoms with E-state index < -0.39 is 5.92 Å². The lowest BCUT2D eigenvalue weighted by Gasteiger charge is -2.09. The second kappa shape index (κ2) is 5.82. The van der Waals surface area contributed by atoms with Crippen LogP contribution >= 0.6 is 12.4 Å². The van der Waals surface area contributed by atoms with Gasteiger partial charge in [0.05, 0.1) is 13.2 Å². The molecule has 0 radical (unpaired) electrons. The first kappa shape index (κ1) is 12.7. The zero-order valence-electron chi connectivity index (χ0n) is 5.73. The van der Waals surface area contributed by atoms with Crippen LogP contribution in [0.25, 0.3) is 0 Å². The van der Waals surface area contributed by atoms with Crippen LogP contribution < -0.4 is 5.32 Å². The summed E-state index contributed by atoms with van der Waals surface area (Å²) in [5, 5.41) is 10.5. The summed E-state index contributed by atoms with van der Waals surface area (Å²) in [6.45, 7) is 0.588. The molecule has 0 bridgehead atoms. The lowest BCUT2D eigenvalue weighted by Crippen LogP contribution is -2.31. The molecule has 0 heterocycles. The fourth-order valence-corrected chi connectivity index (χ4v) is 0.387. The van der Waals surface area contributed by atoms with Crippen LogP contribution in [0.3, 0.4) is 0 Å². The van der Waals surface area contributed by atoms with Crippen molar-refractivity contribution in [3.63, 3.8) is 0 Å². The zero-order valence-corrected chi connectivity index (χ0v) is 6.55. The van der Waals surface area contributed by atoms with Crippen molar-refractivity contribution in [2.45, 2.75) is 12.8 Å². The van der Waals surface area contributed by atoms with Crippen LogP contribution in [-0.2, 0) is 0 Å². The molecule has 2 nitrogen and oxygen atoms in total. The lowest BCUT2D eigenvalue weighted by atomic mass is 10.4. The minimum absolute atomic E-state index is 0. The lowest BCUT2D eigenvalue weighted by molar-refractivity contribution is 0.0220. The van der Waals surface area contributed by atoms with Gasteiger partial charge < -0.3 is 10.4 Å². The number of alkyl halides is 2. The Morgan fingerprint density at radius 2 is 2.00 bits per heavy atom. The second-order valence-electron chi connectivity index (χ2n) is 1.97. The van der Waals surface area contributed by atoms with E-state index in [2.05, 4.69) is 5.32 Å². The van der Waals surface area contributed by atoms with Crippen molar-refractivity contribution >= 4 is 12.4 Å². The highest BCUT2D eigenvalue weighted by Crippen LogP contribution is 2.08. The molecule has 0 amide bonds. The molecule has 0 rings (SSSR count). The Bertz CT molecular complexity index is 76.5. The van der Waals surface area contributed by atoms with Gasteiger partial charge in [-0.1, -0.05) is 0 Å². The number of hydrogen-bond acceptors (Lipinski definition) is 2. The van der Waals surface area contributed by atoms with Gasteiger partial charge in [-0.25, -0.2) is 8.78 Å². The van der Waals surface area contributed by atoms with E-state index in [-0.39, 0.29) is 32.1 Å². The fourth-order valence-electron chi connectivity index (χ4n) is 0.387. The first-order valence-electron chi connectivity index (χ1n) is 2.75. The van der Waals surface area contributed by atoms with Gasteiger partial charge in [0, 0.05) is 13.5 Å². The van der Waals surface area contributed by atoms with E-state index in [1.54, 1.807) is 0 Å². The molecule has 64 valence electrons. The van der Waals surface area contributed by atoms with Crippen LogP contribution in [0, 0.1) is 0 Å². The summed E-state index contributed by atoms with van der Waals surface area (Å²) < 4.78 is 23.8. The summed E-state index contributed by atoms with van der Waals surface area (Å²) in [6, 6.07) is 0. The average Bonchev–Trinajstić information content (AvgIpc) is 1.63. The molecule has 0 saturated carbocycles. The Balaban J connectivity index is 0. The zero-order chi connectivity index (χ0) is 7.33. The quantitative estimate of drug-likeness (QED) is 0.615. The summed E-state index contributed by atoms with van der Waals surface area (Å²) in [5.41, 5.74) is 0. The first-order chi connectivity index (χ1) is 4.06. The standard InChI is InChI=1S/C5H11F2NO.ClH/c1-5(6,7)4-8-2-3-9;/h8-9H,2-4H2,1H3;1H. The maximum atomic E-state index is 11.9. The SMILES string of the molecule is CC(F)(F)CNCCO.Cl.